The third-order valence-corrected chi connectivity index (χ3v) is 8.83. The molecule has 34 heavy (non-hydrogen) atoms. The highest BCUT2D eigenvalue weighted by Gasteiger charge is 2.38. The Kier molecular flexibility index (Phi) is 6.02. The Balaban J connectivity index is 1.66. The maximum absolute atomic E-state index is 14.8. The van der Waals surface area contributed by atoms with Gasteiger partial charge in [-0.2, -0.15) is 0 Å². The lowest BCUT2D eigenvalue weighted by molar-refractivity contribution is 0.600. The second-order valence-electron chi connectivity index (χ2n) is 8.93. The summed E-state index contributed by atoms with van der Waals surface area (Å²) < 4.78 is 45.9. The van der Waals surface area contributed by atoms with Crippen molar-refractivity contribution in [1.82, 2.24) is 4.57 Å². The summed E-state index contributed by atoms with van der Waals surface area (Å²) in [5, 5.41) is -0.429. The number of fused-ring (bicyclic) bond motifs is 1. The lowest BCUT2D eigenvalue weighted by Crippen LogP contribution is -2.29. The number of rotatable bonds is 7. The van der Waals surface area contributed by atoms with Crippen molar-refractivity contribution in [2.24, 2.45) is 0 Å². The van der Waals surface area contributed by atoms with E-state index in [1.807, 2.05) is 35.2 Å². The van der Waals surface area contributed by atoms with Crippen molar-refractivity contribution in [2.75, 3.05) is 16.2 Å². The summed E-state index contributed by atoms with van der Waals surface area (Å²) in [5.74, 6) is 0.141. The molecule has 5 rings (SSSR count). The Morgan fingerprint density at radius 2 is 1.85 bits per heavy atom. The summed E-state index contributed by atoms with van der Waals surface area (Å²) in [7, 11) is -3.61. The summed E-state index contributed by atoms with van der Waals surface area (Å²) in [5.41, 5.74) is 2.62. The molecule has 2 heterocycles. The van der Waals surface area contributed by atoms with Crippen LogP contribution in [-0.2, 0) is 29.5 Å². The Morgan fingerprint density at radius 3 is 2.53 bits per heavy atom. The predicted octanol–water partition coefficient (Wildman–Crippen LogP) is 4.57. The van der Waals surface area contributed by atoms with Gasteiger partial charge in [-0.25, -0.2) is 12.8 Å². The van der Waals surface area contributed by atoms with E-state index in [1.54, 1.807) is 23.6 Å². The van der Waals surface area contributed by atoms with Gasteiger partial charge in [0, 0.05) is 36.1 Å². The summed E-state index contributed by atoms with van der Waals surface area (Å²) in [6.45, 7) is 3.27. The maximum atomic E-state index is 14.8. The number of nitrogens with one attached hydrogen (secondary N) is 1. The quantitative estimate of drug-likeness (QED) is 0.472. The molecule has 0 atom stereocenters. The monoisotopic (exact) mass is 545 g/mol. The maximum Gasteiger partial charge on any atom is 0.255 e. The number of nitrogens with zero attached hydrogens (tertiary/aromatic N) is 2. The highest BCUT2D eigenvalue weighted by molar-refractivity contribution is 9.10. The molecule has 2 aromatic carbocycles. The van der Waals surface area contributed by atoms with E-state index in [9.17, 15) is 17.6 Å². The fourth-order valence-electron chi connectivity index (χ4n) is 4.49. The highest BCUT2D eigenvalue weighted by atomic mass is 79.9. The molecular formula is C25H25BrFN3O3S. The number of hydrogen-bond donors (Lipinski definition) is 1. The van der Waals surface area contributed by atoms with E-state index in [-0.39, 0.29) is 12.0 Å². The molecule has 1 N–H and O–H groups in total. The molecular weight excluding hydrogens is 521 g/mol. The number of anilines is 2. The first-order valence-electron chi connectivity index (χ1n) is 11.3. The van der Waals surface area contributed by atoms with Gasteiger partial charge in [0.15, 0.2) is 0 Å². The zero-order chi connectivity index (χ0) is 24.0. The van der Waals surface area contributed by atoms with Crippen LogP contribution >= 0.6 is 15.9 Å². The summed E-state index contributed by atoms with van der Waals surface area (Å²) in [6.07, 6.45) is 1.34. The minimum atomic E-state index is -3.61. The van der Waals surface area contributed by atoms with Crippen LogP contribution in [-0.4, -0.2) is 24.8 Å². The summed E-state index contributed by atoms with van der Waals surface area (Å²) >= 11 is 3.27. The van der Waals surface area contributed by atoms with Crippen molar-refractivity contribution in [3.8, 4) is 0 Å². The van der Waals surface area contributed by atoms with Crippen LogP contribution in [0.2, 0.25) is 0 Å². The molecule has 1 fully saturated rings. The average Bonchev–Trinajstić information content (AvgIpc) is 3.59. The van der Waals surface area contributed by atoms with Gasteiger partial charge in [0.2, 0.25) is 10.0 Å². The van der Waals surface area contributed by atoms with Crippen molar-refractivity contribution in [1.29, 1.82) is 0 Å². The molecule has 0 unspecified atom stereocenters. The van der Waals surface area contributed by atoms with E-state index < -0.39 is 21.1 Å². The molecule has 9 heteroatoms. The standard InChI is InChI=1S/C25H25BrFN3O3S/c1-16-21(13-18-7-8-19(26)14-22(18)27)23(28-34(32,33)20-9-10-20)24-29(11-12-30(24)25(16)31)15-17-5-3-2-4-6-17/h2-8,14,20,28H,9-13,15H2,1H3. The second-order valence-corrected chi connectivity index (χ2v) is 11.8. The van der Waals surface area contributed by atoms with Gasteiger partial charge in [-0.05, 0) is 48.6 Å². The van der Waals surface area contributed by atoms with E-state index in [4.69, 9.17) is 0 Å². The summed E-state index contributed by atoms with van der Waals surface area (Å²) in [6, 6.07) is 14.6. The topological polar surface area (TPSA) is 71.4 Å². The number of sulfonamides is 1. The van der Waals surface area contributed by atoms with Gasteiger partial charge >= 0.3 is 0 Å². The predicted molar refractivity (Wildman–Crippen MR) is 135 cm³/mol. The molecule has 2 aliphatic rings. The molecule has 0 amide bonds. The Bertz CT molecular complexity index is 1420. The van der Waals surface area contributed by atoms with Gasteiger partial charge in [-0.1, -0.05) is 52.3 Å². The molecule has 0 spiro atoms. The van der Waals surface area contributed by atoms with Gasteiger partial charge in [-0.3, -0.25) is 14.1 Å². The van der Waals surface area contributed by atoms with Crippen molar-refractivity contribution >= 4 is 37.5 Å². The van der Waals surface area contributed by atoms with Gasteiger partial charge < -0.3 is 4.90 Å². The zero-order valence-corrected chi connectivity index (χ0v) is 21.1. The zero-order valence-electron chi connectivity index (χ0n) is 18.7. The number of aromatic nitrogens is 1. The molecule has 1 aromatic heterocycles. The molecule has 1 aliphatic carbocycles. The molecule has 1 saturated carbocycles. The van der Waals surface area contributed by atoms with Crippen LogP contribution in [0.5, 0.6) is 0 Å². The van der Waals surface area contributed by atoms with Crippen LogP contribution in [0.4, 0.5) is 15.9 Å². The van der Waals surface area contributed by atoms with Crippen molar-refractivity contribution in [3.63, 3.8) is 0 Å². The Morgan fingerprint density at radius 1 is 1.12 bits per heavy atom. The molecule has 3 aromatic rings. The first kappa shape index (κ1) is 23.1. The van der Waals surface area contributed by atoms with E-state index in [2.05, 4.69) is 20.7 Å². The number of pyridine rings is 1. The third-order valence-electron chi connectivity index (χ3n) is 6.50. The lowest BCUT2D eigenvalue weighted by Gasteiger charge is -2.25. The molecule has 178 valence electrons. The average molecular weight is 546 g/mol. The van der Waals surface area contributed by atoms with E-state index in [0.29, 0.717) is 65.1 Å². The van der Waals surface area contributed by atoms with Gasteiger partial charge in [-0.15, -0.1) is 0 Å². The fraction of sp³-hybridized carbons (Fsp3) is 0.320. The van der Waals surface area contributed by atoms with Crippen LogP contribution in [0.25, 0.3) is 0 Å². The molecule has 0 radical (unpaired) electrons. The summed E-state index contributed by atoms with van der Waals surface area (Å²) in [4.78, 5) is 15.4. The first-order valence-corrected chi connectivity index (χ1v) is 13.6. The van der Waals surface area contributed by atoms with Crippen LogP contribution in [0.15, 0.2) is 57.8 Å². The van der Waals surface area contributed by atoms with Crippen LogP contribution in [0, 0.1) is 12.7 Å². The van der Waals surface area contributed by atoms with Crippen molar-refractivity contribution < 1.29 is 12.8 Å². The van der Waals surface area contributed by atoms with Crippen molar-refractivity contribution in [2.45, 2.75) is 44.5 Å². The van der Waals surface area contributed by atoms with E-state index >= 15 is 0 Å². The third kappa shape index (κ3) is 4.38. The minimum Gasteiger partial charge on any atom is -0.350 e. The van der Waals surface area contributed by atoms with E-state index in [0.717, 1.165) is 5.56 Å². The number of halogens is 2. The van der Waals surface area contributed by atoms with Crippen LogP contribution in [0.3, 0.4) is 0 Å². The largest absolute Gasteiger partial charge is 0.350 e. The second kappa shape index (κ2) is 8.85. The van der Waals surface area contributed by atoms with E-state index in [1.165, 1.54) is 6.07 Å². The van der Waals surface area contributed by atoms with Gasteiger partial charge in [0.25, 0.3) is 5.56 Å². The Labute approximate surface area is 206 Å². The van der Waals surface area contributed by atoms with Crippen LogP contribution in [0.1, 0.15) is 35.1 Å². The normalized spacial score (nSPS) is 15.4. The first-order chi connectivity index (χ1) is 16.2. The SMILES string of the molecule is Cc1c(Cc2ccc(Br)cc2F)c(NS(=O)(=O)C2CC2)c2n(c1=O)CCN2Cc1ccccc1. The number of benzene rings is 2. The molecule has 6 nitrogen and oxygen atoms in total. The number of hydrogen-bond acceptors (Lipinski definition) is 4. The highest BCUT2D eigenvalue weighted by Crippen LogP contribution is 2.39. The minimum absolute atomic E-state index is 0.107. The van der Waals surface area contributed by atoms with Crippen molar-refractivity contribution in [3.05, 3.63) is 91.4 Å². The lowest BCUT2D eigenvalue weighted by atomic mass is 9.99. The van der Waals surface area contributed by atoms with Gasteiger partial charge in [0.1, 0.15) is 11.6 Å². The molecule has 0 saturated heterocycles. The van der Waals surface area contributed by atoms with Crippen LogP contribution < -0.4 is 15.2 Å². The van der Waals surface area contributed by atoms with Gasteiger partial charge in [0.05, 0.1) is 10.9 Å². The Hall–Kier alpha value is -2.65. The molecule has 1 aliphatic heterocycles. The smallest absolute Gasteiger partial charge is 0.255 e. The molecule has 0 bridgehead atoms. The fourth-order valence-corrected chi connectivity index (χ4v) is 6.25.